The maximum atomic E-state index is 2.58. The second kappa shape index (κ2) is 5.93. The molecular weight excluding hydrogens is 266 g/mol. The van der Waals surface area contributed by atoms with Gasteiger partial charge in [0.1, 0.15) is 0 Å². The maximum Gasteiger partial charge on any atom is -0.0136 e. The average molecular weight is 298 g/mol. The summed E-state index contributed by atoms with van der Waals surface area (Å²) < 4.78 is 0. The quantitative estimate of drug-likeness (QED) is 0.547. The molecule has 0 bridgehead atoms. The first-order valence-corrected chi connectivity index (χ1v) is 11.7. The smallest absolute Gasteiger partial charge is 0.0136 e. The van der Waals surface area contributed by atoms with Crippen molar-refractivity contribution in [1.29, 1.82) is 0 Å². The van der Waals surface area contributed by atoms with Gasteiger partial charge in [-0.25, -0.2) is 0 Å². The minimum absolute atomic E-state index is 0.354. The molecule has 0 spiro atoms. The Morgan fingerprint density at radius 2 is 0.842 bits per heavy atom. The van der Waals surface area contributed by atoms with Crippen molar-refractivity contribution >= 4 is 15.8 Å². The van der Waals surface area contributed by atoms with Crippen LogP contribution in [-0.2, 0) is 0 Å². The molecule has 0 N–H and O–H groups in total. The summed E-state index contributed by atoms with van der Waals surface area (Å²) >= 11 is 0. The normalized spacial score (nSPS) is 49.3. The van der Waals surface area contributed by atoms with E-state index in [1.54, 1.807) is 44.9 Å². The van der Waals surface area contributed by atoms with Gasteiger partial charge in [-0.2, -0.15) is 0 Å². The van der Waals surface area contributed by atoms with E-state index in [2.05, 4.69) is 27.7 Å². The fourth-order valence-electron chi connectivity index (χ4n) is 5.35. The summed E-state index contributed by atoms with van der Waals surface area (Å²) in [4.78, 5) is 0. The minimum atomic E-state index is 0.354. The Bertz CT molecular complexity index is 266. The molecule has 19 heavy (non-hydrogen) atoms. The molecule has 2 heteroatoms. The van der Waals surface area contributed by atoms with Crippen molar-refractivity contribution in [2.75, 3.05) is 0 Å². The molecule has 2 aliphatic heterocycles. The van der Waals surface area contributed by atoms with E-state index in [9.17, 15) is 0 Å². The van der Waals surface area contributed by atoms with Crippen LogP contribution < -0.4 is 0 Å². The summed E-state index contributed by atoms with van der Waals surface area (Å²) in [6.07, 6.45) is 10.9. The highest BCUT2D eigenvalue weighted by molar-refractivity contribution is 7.64. The van der Waals surface area contributed by atoms with Gasteiger partial charge in [-0.1, -0.05) is 50.0 Å². The third-order valence-electron chi connectivity index (χ3n) is 6.25. The molecule has 0 aromatic carbocycles. The van der Waals surface area contributed by atoms with Crippen LogP contribution >= 0.6 is 15.8 Å². The van der Waals surface area contributed by atoms with Gasteiger partial charge in [0.05, 0.1) is 0 Å². The zero-order chi connectivity index (χ0) is 13.6. The van der Waals surface area contributed by atoms with Gasteiger partial charge in [0.15, 0.2) is 0 Å². The fourth-order valence-corrected chi connectivity index (χ4v) is 14.5. The molecule has 0 unspecified atom stereocenters. The van der Waals surface area contributed by atoms with Gasteiger partial charge in [0.2, 0.25) is 0 Å². The van der Waals surface area contributed by atoms with Gasteiger partial charge in [0, 0.05) is 0 Å². The molecule has 0 amide bonds. The SMILES string of the molecule is C[C@@H]1CC[C@@H](C)P1[C@@H]1CCC[C@H]1P1[C@H](C)CC[C@H]1C. The third kappa shape index (κ3) is 2.66. The van der Waals surface area contributed by atoms with Crippen molar-refractivity contribution < 1.29 is 0 Å². The van der Waals surface area contributed by atoms with Crippen molar-refractivity contribution in [1.82, 2.24) is 0 Å². The van der Waals surface area contributed by atoms with Crippen LogP contribution in [0.2, 0.25) is 0 Å². The predicted molar refractivity (Wildman–Crippen MR) is 91.6 cm³/mol. The number of hydrogen-bond acceptors (Lipinski definition) is 0. The summed E-state index contributed by atoms with van der Waals surface area (Å²) in [7, 11) is 0.708. The lowest BCUT2D eigenvalue weighted by atomic mass is 10.2. The highest BCUT2D eigenvalue weighted by Gasteiger charge is 2.47. The summed E-state index contributed by atoms with van der Waals surface area (Å²) in [6.45, 7) is 10.3. The van der Waals surface area contributed by atoms with Crippen LogP contribution in [0.1, 0.15) is 72.6 Å². The molecular formula is C17H32P2. The molecule has 0 aromatic heterocycles. The second-order valence-corrected chi connectivity index (χ2v) is 14.2. The van der Waals surface area contributed by atoms with Crippen LogP contribution in [-0.4, -0.2) is 34.0 Å². The van der Waals surface area contributed by atoms with Gasteiger partial charge >= 0.3 is 0 Å². The molecule has 1 saturated carbocycles. The van der Waals surface area contributed by atoms with Crippen LogP contribution in [0.4, 0.5) is 0 Å². The monoisotopic (exact) mass is 298 g/mol. The topological polar surface area (TPSA) is 0 Å². The minimum Gasteiger partial charge on any atom is -0.0971 e. The maximum absolute atomic E-state index is 2.58. The van der Waals surface area contributed by atoms with Gasteiger partial charge in [-0.15, -0.1) is 0 Å². The lowest BCUT2D eigenvalue weighted by Crippen LogP contribution is -2.25. The van der Waals surface area contributed by atoms with E-state index >= 15 is 0 Å². The van der Waals surface area contributed by atoms with Crippen molar-refractivity contribution in [3.8, 4) is 0 Å². The van der Waals surface area contributed by atoms with Crippen LogP contribution in [0.15, 0.2) is 0 Å². The summed E-state index contributed by atoms with van der Waals surface area (Å²) in [5, 5.41) is 0. The molecule has 0 aromatic rings. The standard InChI is InChI=1S/C17H32P2/c1-12-8-9-13(2)18(12)16-6-5-7-17(16)19-14(3)10-11-15(19)4/h12-17H,5-11H2,1-4H3/t12-,13-,14-,15-,16-,17-/m1/s1. The predicted octanol–water partition coefficient (Wildman–Crippen LogP) is 6.01. The Morgan fingerprint density at radius 1 is 0.526 bits per heavy atom. The van der Waals surface area contributed by atoms with Crippen LogP contribution in [0.5, 0.6) is 0 Å². The Kier molecular flexibility index (Phi) is 4.61. The van der Waals surface area contributed by atoms with Crippen molar-refractivity contribution in [2.45, 2.75) is 107 Å². The molecule has 0 radical (unpaired) electrons. The number of hydrogen-bond donors (Lipinski definition) is 0. The first kappa shape index (κ1) is 14.8. The molecule has 2 heterocycles. The molecule has 2 saturated heterocycles. The second-order valence-electron chi connectivity index (χ2n) is 7.51. The lowest BCUT2D eigenvalue weighted by molar-refractivity contribution is 0.777. The summed E-state index contributed by atoms with van der Waals surface area (Å²) in [5.41, 5.74) is 6.68. The molecule has 3 aliphatic rings. The summed E-state index contributed by atoms with van der Waals surface area (Å²) in [5.74, 6) is 0. The molecule has 110 valence electrons. The zero-order valence-electron chi connectivity index (χ0n) is 13.3. The van der Waals surface area contributed by atoms with Gasteiger partial charge in [0.25, 0.3) is 0 Å². The van der Waals surface area contributed by atoms with E-state index < -0.39 is 0 Å². The first-order chi connectivity index (χ1) is 9.09. The average Bonchev–Trinajstić information content (AvgIpc) is 3.02. The van der Waals surface area contributed by atoms with Gasteiger partial charge in [-0.05, 0) is 72.5 Å². The van der Waals surface area contributed by atoms with Crippen LogP contribution in [0.3, 0.4) is 0 Å². The fraction of sp³-hybridized carbons (Fsp3) is 1.00. The Morgan fingerprint density at radius 3 is 1.16 bits per heavy atom. The molecule has 3 rings (SSSR count). The zero-order valence-corrected chi connectivity index (χ0v) is 15.1. The Balaban J connectivity index is 1.77. The van der Waals surface area contributed by atoms with Crippen molar-refractivity contribution in [2.24, 2.45) is 0 Å². The first-order valence-electron chi connectivity index (χ1n) is 8.64. The van der Waals surface area contributed by atoms with E-state index in [-0.39, 0.29) is 0 Å². The Labute approximate surface area is 123 Å². The van der Waals surface area contributed by atoms with Crippen LogP contribution in [0.25, 0.3) is 0 Å². The molecule has 6 atom stereocenters. The lowest BCUT2D eigenvalue weighted by Gasteiger charge is -2.38. The van der Waals surface area contributed by atoms with Crippen molar-refractivity contribution in [3.63, 3.8) is 0 Å². The van der Waals surface area contributed by atoms with Gasteiger partial charge < -0.3 is 0 Å². The van der Waals surface area contributed by atoms with E-state index in [0.29, 0.717) is 15.8 Å². The Hall–Kier alpha value is 0.860. The van der Waals surface area contributed by atoms with E-state index in [0.717, 1.165) is 22.6 Å². The number of rotatable bonds is 2. The van der Waals surface area contributed by atoms with Crippen molar-refractivity contribution in [3.05, 3.63) is 0 Å². The summed E-state index contributed by atoms with van der Waals surface area (Å²) in [6, 6.07) is 0. The van der Waals surface area contributed by atoms with E-state index in [4.69, 9.17) is 0 Å². The van der Waals surface area contributed by atoms with Crippen LogP contribution in [0, 0.1) is 0 Å². The molecule has 1 aliphatic carbocycles. The molecule has 3 fully saturated rings. The third-order valence-corrected chi connectivity index (χ3v) is 14.4. The van der Waals surface area contributed by atoms with Gasteiger partial charge in [-0.3, -0.25) is 0 Å². The largest absolute Gasteiger partial charge is 0.0971 e. The van der Waals surface area contributed by atoms with E-state index in [1.165, 1.54) is 11.3 Å². The van der Waals surface area contributed by atoms with E-state index in [1.807, 2.05) is 0 Å². The molecule has 0 nitrogen and oxygen atoms in total. The highest BCUT2D eigenvalue weighted by atomic mass is 31.1. The highest BCUT2D eigenvalue weighted by Crippen LogP contribution is 2.70.